The summed E-state index contributed by atoms with van der Waals surface area (Å²) >= 11 is 0. The first-order valence-corrected chi connectivity index (χ1v) is 6.54. The van der Waals surface area contributed by atoms with Gasteiger partial charge in [-0.2, -0.15) is 0 Å². The van der Waals surface area contributed by atoms with Gasteiger partial charge < -0.3 is 0 Å². The first-order chi connectivity index (χ1) is 8.36. The second-order valence-electron chi connectivity index (χ2n) is 4.35. The van der Waals surface area contributed by atoms with E-state index in [-0.39, 0.29) is 0 Å². The lowest BCUT2D eigenvalue weighted by molar-refractivity contribution is 0.559. The monoisotopic (exact) mass is 226 g/mol. The highest BCUT2D eigenvalue weighted by molar-refractivity contribution is 5.34. The SMILES string of the molecule is C=CCC(C#Cc1ccccc1)CCCCC. The molecule has 90 valence electrons. The summed E-state index contributed by atoms with van der Waals surface area (Å²) in [4.78, 5) is 0. The van der Waals surface area contributed by atoms with Crippen LogP contribution in [0.3, 0.4) is 0 Å². The molecule has 0 nitrogen and oxygen atoms in total. The van der Waals surface area contributed by atoms with Crippen molar-refractivity contribution in [2.24, 2.45) is 5.92 Å². The minimum atomic E-state index is 0.472. The average molecular weight is 226 g/mol. The molecule has 0 heterocycles. The highest BCUT2D eigenvalue weighted by atomic mass is 14.1. The van der Waals surface area contributed by atoms with Crippen LogP contribution in [0.1, 0.15) is 44.6 Å². The van der Waals surface area contributed by atoms with Crippen LogP contribution >= 0.6 is 0 Å². The van der Waals surface area contributed by atoms with Gasteiger partial charge in [-0.05, 0) is 25.0 Å². The highest BCUT2D eigenvalue weighted by Gasteiger charge is 2.01. The lowest BCUT2D eigenvalue weighted by Crippen LogP contribution is -1.95. The van der Waals surface area contributed by atoms with E-state index in [1.54, 1.807) is 0 Å². The molecule has 1 unspecified atom stereocenters. The van der Waals surface area contributed by atoms with Gasteiger partial charge in [0, 0.05) is 11.5 Å². The molecule has 0 saturated heterocycles. The van der Waals surface area contributed by atoms with Gasteiger partial charge in [0.2, 0.25) is 0 Å². The fraction of sp³-hybridized carbons (Fsp3) is 0.412. The number of hydrogen-bond acceptors (Lipinski definition) is 0. The summed E-state index contributed by atoms with van der Waals surface area (Å²) in [5.41, 5.74) is 1.11. The van der Waals surface area contributed by atoms with E-state index in [0.717, 1.165) is 12.0 Å². The van der Waals surface area contributed by atoms with Gasteiger partial charge in [0.05, 0.1) is 0 Å². The maximum Gasteiger partial charge on any atom is 0.0245 e. The molecule has 17 heavy (non-hydrogen) atoms. The molecule has 0 spiro atoms. The molecule has 0 aliphatic carbocycles. The van der Waals surface area contributed by atoms with E-state index in [4.69, 9.17) is 0 Å². The second-order valence-corrected chi connectivity index (χ2v) is 4.35. The van der Waals surface area contributed by atoms with Crippen molar-refractivity contribution in [3.63, 3.8) is 0 Å². The standard InChI is InChI=1S/C17H22/c1-3-5-7-11-16(10-4-2)14-15-17-12-8-6-9-13-17/h4,6,8-9,12-13,16H,2-3,5,7,10-11H2,1H3. The Balaban J connectivity index is 2.54. The van der Waals surface area contributed by atoms with Crippen LogP contribution in [0.5, 0.6) is 0 Å². The van der Waals surface area contributed by atoms with Crippen LogP contribution in [0, 0.1) is 17.8 Å². The minimum absolute atomic E-state index is 0.472. The fourth-order valence-electron chi connectivity index (χ4n) is 1.80. The minimum Gasteiger partial charge on any atom is -0.103 e. The summed E-state index contributed by atoms with van der Waals surface area (Å²) in [5, 5.41) is 0. The number of hydrogen-bond donors (Lipinski definition) is 0. The van der Waals surface area contributed by atoms with Gasteiger partial charge in [-0.25, -0.2) is 0 Å². The van der Waals surface area contributed by atoms with Gasteiger partial charge in [-0.3, -0.25) is 0 Å². The number of rotatable bonds is 6. The van der Waals surface area contributed by atoms with Gasteiger partial charge in [0.15, 0.2) is 0 Å². The topological polar surface area (TPSA) is 0 Å². The van der Waals surface area contributed by atoms with Crippen molar-refractivity contribution in [2.75, 3.05) is 0 Å². The Kier molecular flexibility index (Phi) is 6.91. The van der Waals surface area contributed by atoms with Crippen LogP contribution in [0.2, 0.25) is 0 Å². The van der Waals surface area contributed by atoms with E-state index in [2.05, 4.69) is 37.5 Å². The van der Waals surface area contributed by atoms with Crippen molar-refractivity contribution in [1.29, 1.82) is 0 Å². The summed E-state index contributed by atoms with van der Waals surface area (Å²) in [5.74, 6) is 7.10. The molecular formula is C17H22. The van der Waals surface area contributed by atoms with Crippen molar-refractivity contribution in [2.45, 2.75) is 39.0 Å². The summed E-state index contributed by atoms with van der Waals surface area (Å²) in [6, 6.07) is 10.2. The smallest absolute Gasteiger partial charge is 0.0245 e. The van der Waals surface area contributed by atoms with E-state index in [1.165, 1.54) is 25.7 Å². The zero-order chi connectivity index (χ0) is 12.3. The summed E-state index contributed by atoms with van der Waals surface area (Å²) in [7, 11) is 0. The van der Waals surface area contributed by atoms with Crippen LogP contribution in [0.4, 0.5) is 0 Å². The van der Waals surface area contributed by atoms with Gasteiger partial charge in [0.1, 0.15) is 0 Å². The summed E-state index contributed by atoms with van der Waals surface area (Å²) < 4.78 is 0. The molecule has 0 N–H and O–H groups in total. The lowest BCUT2D eigenvalue weighted by atomic mass is 9.98. The molecule has 0 bridgehead atoms. The maximum atomic E-state index is 3.82. The van der Waals surface area contributed by atoms with Crippen LogP contribution < -0.4 is 0 Å². The Labute approximate surface area is 106 Å². The Bertz CT molecular complexity index is 364. The molecule has 1 aromatic carbocycles. The Morgan fingerprint density at radius 1 is 1.24 bits per heavy atom. The molecule has 1 rings (SSSR count). The van der Waals surface area contributed by atoms with Gasteiger partial charge in [-0.15, -0.1) is 6.58 Å². The van der Waals surface area contributed by atoms with Crippen molar-refractivity contribution >= 4 is 0 Å². The van der Waals surface area contributed by atoms with Crippen LogP contribution in [-0.4, -0.2) is 0 Å². The zero-order valence-corrected chi connectivity index (χ0v) is 10.8. The summed E-state index contributed by atoms with van der Waals surface area (Å²) in [6.07, 6.45) is 8.03. The first-order valence-electron chi connectivity index (χ1n) is 6.54. The van der Waals surface area contributed by atoms with Crippen molar-refractivity contribution in [3.05, 3.63) is 48.6 Å². The first kappa shape index (κ1) is 13.6. The van der Waals surface area contributed by atoms with Crippen molar-refractivity contribution in [3.8, 4) is 11.8 Å². The van der Waals surface area contributed by atoms with E-state index in [9.17, 15) is 0 Å². The third kappa shape index (κ3) is 5.97. The van der Waals surface area contributed by atoms with E-state index >= 15 is 0 Å². The molecule has 0 aliphatic heterocycles. The largest absolute Gasteiger partial charge is 0.103 e. The van der Waals surface area contributed by atoms with Gasteiger partial charge in [-0.1, -0.05) is 62.3 Å². The lowest BCUT2D eigenvalue weighted by Gasteiger charge is -2.06. The second kappa shape index (κ2) is 8.65. The predicted octanol–water partition coefficient (Wildman–Crippen LogP) is 4.81. The molecule has 0 fully saturated rings. The maximum absolute atomic E-state index is 3.82. The normalized spacial score (nSPS) is 11.4. The molecule has 0 saturated carbocycles. The molecule has 0 heteroatoms. The van der Waals surface area contributed by atoms with Crippen LogP contribution in [0.15, 0.2) is 43.0 Å². The molecule has 0 amide bonds. The van der Waals surface area contributed by atoms with Crippen molar-refractivity contribution in [1.82, 2.24) is 0 Å². The fourth-order valence-corrected chi connectivity index (χ4v) is 1.80. The molecule has 1 aromatic rings. The highest BCUT2D eigenvalue weighted by Crippen LogP contribution is 2.13. The van der Waals surface area contributed by atoms with Crippen molar-refractivity contribution < 1.29 is 0 Å². The van der Waals surface area contributed by atoms with E-state index < -0.39 is 0 Å². The zero-order valence-electron chi connectivity index (χ0n) is 10.8. The van der Waals surface area contributed by atoms with E-state index in [1.807, 2.05) is 24.3 Å². The Morgan fingerprint density at radius 2 is 2.00 bits per heavy atom. The molecule has 0 radical (unpaired) electrons. The molecular weight excluding hydrogens is 204 g/mol. The Hall–Kier alpha value is -1.48. The third-order valence-corrected chi connectivity index (χ3v) is 2.80. The van der Waals surface area contributed by atoms with E-state index in [0.29, 0.717) is 5.92 Å². The molecule has 1 atom stereocenters. The molecule has 0 aliphatic rings. The summed E-state index contributed by atoms with van der Waals surface area (Å²) in [6.45, 7) is 6.05. The van der Waals surface area contributed by atoms with Crippen LogP contribution in [0.25, 0.3) is 0 Å². The Morgan fingerprint density at radius 3 is 2.65 bits per heavy atom. The predicted molar refractivity (Wildman–Crippen MR) is 75.8 cm³/mol. The average Bonchev–Trinajstić information content (AvgIpc) is 2.37. The van der Waals surface area contributed by atoms with Crippen LogP contribution in [-0.2, 0) is 0 Å². The molecule has 0 aromatic heterocycles. The van der Waals surface area contributed by atoms with Gasteiger partial charge in [0.25, 0.3) is 0 Å². The quantitative estimate of drug-likeness (QED) is 0.371. The number of benzene rings is 1. The number of unbranched alkanes of at least 4 members (excludes halogenated alkanes) is 2. The van der Waals surface area contributed by atoms with Gasteiger partial charge >= 0.3 is 0 Å². The third-order valence-electron chi connectivity index (χ3n) is 2.80. The number of allylic oxidation sites excluding steroid dienone is 1.